The van der Waals surface area contributed by atoms with Crippen LogP contribution in [0.4, 0.5) is 0 Å². The maximum atomic E-state index is 8.74. The molecule has 3 N–H and O–H groups in total. The molecule has 2 unspecified atom stereocenters. The minimum absolute atomic E-state index is 0.135. The van der Waals surface area contributed by atoms with Crippen molar-refractivity contribution in [2.24, 2.45) is 5.73 Å². The van der Waals surface area contributed by atoms with Gasteiger partial charge in [-0.3, -0.25) is 0 Å². The van der Waals surface area contributed by atoms with Crippen molar-refractivity contribution in [2.45, 2.75) is 24.6 Å². The van der Waals surface area contributed by atoms with E-state index in [1.807, 2.05) is 36.9 Å². The Labute approximate surface area is 95.9 Å². The fourth-order valence-corrected chi connectivity index (χ4v) is 2.67. The summed E-state index contributed by atoms with van der Waals surface area (Å²) in [6.45, 7) is 2.29. The molecule has 1 aromatic carbocycles. The fourth-order valence-electron chi connectivity index (χ4n) is 1.47. The molecule has 0 aliphatic rings. The third-order valence-corrected chi connectivity index (χ3v) is 3.79. The van der Waals surface area contributed by atoms with Gasteiger partial charge >= 0.3 is 0 Å². The Kier molecular flexibility index (Phi) is 5.76. The van der Waals surface area contributed by atoms with Gasteiger partial charge in [0.1, 0.15) is 0 Å². The number of aliphatic hydroxyl groups is 1. The van der Waals surface area contributed by atoms with Gasteiger partial charge in [-0.25, -0.2) is 0 Å². The van der Waals surface area contributed by atoms with Crippen LogP contribution in [-0.4, -0.2) is 23.5 Å². The molecule has 0 heterocycles. The zero-order valence-electron chi connectivity index (χ0n) is 9.10. The van der Waals surface area contributed by atoms with Crippen molar-refractivity contribution in [3.05, 3.63) is 35.9 Å². The van der Waals surface area contributed by atoms with Gasteiger partial charge in [0, 0.05) is 17.9 Å². The lowest BCUT2D eigenvalue weighted by Crippen LogP contribution is -2.22. The highest BCUT2D eigenvalue weighted by atomic mass is 32.2. The Morgan fingerprint density at radius 1 is 1.33 bits per heavy atom. The third kappa shape index (κ3) is 4.24. The highest BCUT2D eigenvalue weighted by Crippen LogP contribution is 2.31. The summed E-state index contributed by atoms with van der Waals surface area (Å²) in [5.74, 6) is 0.956. The van der Waals surface area contributed by atoms with E-state index in [9.17, 15) is 0 Å². The van der Waals surface area contributed by atoms with Crippen molar-refractivity contribution >= 4 is 11.8 Å². The van der Waals surface area contributed by atoms with Crippen molar-refractivity contribution < 1.29 is 5.11 Å². The van der Waals surface area contributed by atoms with Gasteiger partial charge in [-0.2, -0.15) is 11.8 Å². The van der Waals surface area contributed by atoms with Crippen LogP contribution in [0.2, 0.25) is 0 Å². The average molecular weight is 225 g/mol. The molecule has 0 bridgehead atoms. The average Bonchev–Trinajstić information content (AvgIpc) is 2.25. The predicted octanol–water partition coefficient (Wildman–Crippen LogP) is 2.19. The standard InChI is InChI=1S/C12H19NOS/c1-10(13)12(15-9-5-8-14)11-6-3-2-4-7-11/h2-4,6-7,10,12,14H,5,8-9,13H2,1H3. The molecule has 0 aliphatic carbocycles. The molecule has 0 spiro atoms. The van der Waals surface area contributed by atoms with Gasteiger partial charge in [-0.05, 0) is 24.7 Å². The number of aliphatic hydroxyl groups excluding tert-OH is 1. The largest absolute Gasteiger partial charge is 0.396 e. The summed E-state index contributed by atoms with van der Waals surface area (Å²) in [6.07, 6.45) is 0.834. The third-order valence-electron chi connectivity index (χ3n) is 2.21. The Morgan fingerprint density at radius 3 is 2.53 bits per heavy atom. The predicted molar refractivity (Wildman–Crippen MR) is 67.0 cm³/mol. The Morgan fingerprint density at radius 2 is 2.00 bits per heavy atom. The van der Waals surface area contributed by atoms with Gasteiger partial charge in [0.2, 0.25) is 0 Å². The van der Waals surface area contributed by atoms with Crippen LogP contribution >= 0.6 is 11.8 Å². The molecule has 1 aromatic rings. The molecule has 2 atom stereocenters. The molecule has 0 radical (unpaired) electrons. The first-order chi connectivity index (χ1) is 7.25. The van der Waals surface area contributed by atoms with Crippen molar-refractivity contribution in [1.82, 2.24) is 0 Å². The summed E-state index contributed by atoms with van der Waals surface area (Å²) in [4.78, 5) is 0. The van der Waals surface area contributed by atoms with Crippen molar-refractivity contribution in [1.29, 1.82) is 0 Å². The van der Waals surface area contributed by atoms with E-state index in [0.717, 1.165) is 12.2 Å². The lowest BCUT2D eigenvalue weighted by molar-refractivity contribution is 0.296. The molecule has 15 heavy (non-hydrogen) atoms. The lowest BCUT2D eigenvalue weighted by atomic mass is 10.1. The molecule has 0 aliphatic heterocycles. The molecular formula is C12H19NOS. The second kappa shape index (κ2) is 6.88. The second-order valence-corrected chi connectivity index (χ2v) is 4.89. The minimum Gasteiger partial charge on any atom is -0.396 e. The molecule has 2 nitrogen and oxygen atoms in total. The van der Waals surface area contributed by atoms with E-state index in [1.54, 1.807) is 0 Å². The number of hydrogen-bond acceptors (Lipinski definition) is 3. The molecule has 1 rings (SSSR count). The maximum Gasteiger partial charge on any atom is 0.0445 e. The smallest absolute Gasteiger partial charge is 0.0445 e. The first-order valence-electron chi connectivity index (χ1n) is 5.28. The summed E-state index contributed by atoms with van der Waals surface area (Å²) in [5.41, 5.74) is 7.24. The summed E-state index contributed by atoms with van der Waals surface area (Å²) in [5, 5.41) is 9.07. The highest BCUT2D eigenvalue weighted by Gasteiger charge is 2.15. The Bertz CT molecular complexity index is 264. The van der Waals surface area contributed by atoms with E-state index in [2.05, 4.69) is 12.1 Å². The SMILES string of the molecule is CC(N)C(SCCCO)c1ccccc1. The zero-order valence-corrected chi connectivity index (χ0v) is 9.91. The topological polar surface area (TPSA) is 46.2 Å². The van der Waals surface area contributed by atoms with E-state index in [-0.39, 0.29) is 12.6 Å². The minimum atomic E-state index is 0.135. The van der Waals surface area contributed by atoms with Gasteiger partial charge in [-0.15, -0.1) is 0 Å². The van der Waals surface area contributed by atoms with E-state index in [4.69, 9.17) is 10.8 Å². The van der Waals surface area contributed by atoms with Crippen molar-refractivity contribution in [3.63, 3.8) is 0 Å². The summed E-state index contributed by atoms with van der Waals surface area (Å²) >= 11 is 1.82. The monoisotopic (exact) mass is 225 g/mol. The van der Waals surface area contributed by atoms with Gasteiger partial charge in [0.25, 0.3) is 0 Å². The Hall–Kier alpha value is -0.510. The van der Waals surface area contributed by atoms with Gasteiger partial charge in [0.15, 0.2) is 0 Å². The number of nitrogens with two attached hydrogens (primary N) is 1. The fraction of sp³-hybridized carbons (Fsp3) is 0.500. The molecule has 0 saturated carbocycles. The van der Waals surface area contributed by atoms with Crippen LogP contribution in [-0.2, 0) is 0 Å². The zero-order chi connectivity index (χ0) is 11.1. The van der Waals surface area contributed by atoms with Crippen LogP contribution < -0.4 is 5.73 Å². The number of rotatable bonds is 6. The van der Waals surface area contributed by atoms with Crippen molar-refractivity contribution in [3.8, 4) is 0 Å². The summed E-state index contributed by atoms with van der Waals surface area (Å²) in [7, 11) is 0. The van der Waals surface area contributed by atoms with Crippen LogP contribution in [0.1, 0.15) is 24.2 Å². The first-order valence-corrected chi connectivity index (χ1v) is 6.33. The van der Waals surface area contributed by atoms with Crippen LogP contribution in [0.5, 0.6) is 0 Å². The van der Waals surface area contributed by atoms with E-state index >= 15 is 0 Å². The molecule has 0 saturated heterocycles. The van der Waals surface area contributed by atoms with E-state index in [0.29, 0.717) is 5.25 Å². The van der Waals surface area contributed by atoms with E-state index in [1.165, 1.54) is 5.56 Å². The lowest BCUT2D eigenvalue weighted by Gasteiger charge is -2.20. The van der Waals surface area contributed by atoms with Gasteiger partial charge < -0.3 is 10.8 Å². The van der Waals surface area contributed by atoms with Crippen LogP contribution in [0.15, 0.2) is 30.3 Å². The van der Waals surface area contributed by atoms with Gasteiger partial charge in [0.05, 0.1) is 0 Å². The molecule has 84 valence electrons. The quantitative estimate of drug-likeness (QED) is 0.730. The van der Waals surface area contributed by atoms with Crippen LogP contribution in [0.3, 0.4) is 0 Å². The molecule has 3 heteroatoms. The normalized spacial score (nSPS) is 14.9. The molecule has 0 fully saturated rings. The number of benzene rings is 1. The Balaban J connectivity index is 2.58. The van der Waals surface area contributed by atoms with Gasteiger partial charge in [-0.1, -0.05) is 30.3 Å². The molecule has 0 aromatic heterocycles. The van der Waals surface area contributed by atoms with Crippen LogP contribution in [0, 0.1) is 0 Å². The summed E-state index contributed by atoms with van der Waals surface area (Å²) < 4.78 is 0. The first kappa shape index (κ1) is 12.6. The number of thioether (sulfide) groups is 1. The number of hydrogen-bond donors (Lipinski definition) is 2. The highest BCUT2D eigenvalue weighted by molar-refractivity contribution is 7.99. The van der Waals surface area contributed by atoms with E-state index < -0.39 is 0 Å². The second-order valence-electron chi connectivity index (χ2n) is 3.64. The molecule has 0 amide bonds. The summed E-state index contributed by atoms with van der Waals surface area (Å²) in [6, 6.07) is 10.4. The van der Waals surface area contributed by atoms with Crippen LogP contribution in [0.25, 0.3) is 0 Å². The molecular weight excluding hydrogens is 206 g/mol. The maximum absolute atomic E-state index is 8.74. The van der Waals surface area contributed by atoms with Crippen molar-refractivity contribution in [2.75, 3.05) is 12.4 Å².